The summed E-state index contributed by atoms with van der Waals surface area (Å²) in [4.78, 5) is 11.9. The second-order valence-corrected chi connectivity index (χ2v) is 5.82. The predicted molar refractivity (Wildman–Crippen MR) is 58.3 cm³/mol. The summed E-state index contributed by atoms with van der Waals surface area (Å²) in [6, 6.07) is 3.34. The van der Waals surface area contributed by atoms with E-state index in [1.54, 1.807) is 0 Å². The molecule has 0 saturated carbocycles. The molecule has 0 unspecified atom stereocenters. The number of aliphatic carboxylic acids is 1. The molecule has 2 rings (SSSR count). The van der Waals surface area contributed by atoms with Gasteiger partial charge in [0.25, 0.3) is 0 Å². The first-order valence-electron chi connectivity index (χ1n) is 4.89. The van der Waals surface area contributed by atoms with Crippen LogP contribution in [0.25, 0.3) is 0 Å². The summed E-state index contributed by atoms with van der Waals surface area (Å²) in [5, 5.41) is 8.71. The standard InChI is InChI=1S/C10H10FNO4S/c11-7-1-2-8-9(5-7)17(15,16)4-3-12(8)6-10(13)14/h1-2,5H,3-4,6H2,(H,13,14). The van der Waals surface area contributed by atoms with Crippen LogP contribution in [0.4, 0.5) is 10.1 Å². The van der Waals surface area contributed by atoms with Crippen molar-refractivity contribution >= 4 is 21.5 Å². The minimum atomic E-state index is -3.51. The van der Waals surface area contributed by atoms with Crippen LogP contribution in [0.2, 0.25) is 0 Å². The molecular weight excluding hydrogens is 249 g/mol. The molecule has 92 valence electrons. The lowest BCUT2D eigenvalue weighted by Gasteiger charge is -2.29. The summed E-state index contributed by atoms with van der Waals surface area (Å²) in [5.41, 5.74) is 0.250. The van der Waals surface area contributed by atoms with Gasteiger partial charge >= 0.3 is 5.97 Å². The van der Waals surface area contributed by atoms with Crippen LogP contribution in [-0.2, 0) is 14.6 Å². The summed E-state index contributed by atoms with van der Waals surface area (Å²) in [7, 11) is -3.51. The van der Waals surface area contributed by atoms with E-state index < -0.39 is 21.6 Å². The van der Waals surface area contributed by atoms with Gasteiger partial charge in [-0.1, -0.05) is 0 Å². The Bertz CT molecular complexity index is 570. The molecular formula is C10H10FNO4S. The first-order chi connectivity index (χ1) is 7.90. The predicted octanol–water partition coefficient (Wildman–Crippen LogP) is 0.504. The number of hydrogen-bond donors (Lipinski definition) is 1. The van der Waals surface area contributed by atoms with E-state index in [-0.39, 0.29) is 29.4 Å². The highest BCUT2D eigenvalue weighted by molar-refractivity contribution is 7.91. The maximum absolute atomic E-state index is 13.0. The van der Waals surface area contributed by atoms with Gasteiger partial charge in [-0.05, 0) is 18.2 Å². The van der Waals surface area contributed by atoms with Crippen LogP contribution in [0.15, 0.2) is 23.1 Å². The Morgan fingerprint density at radius 3 is 2.82 bits per heavy atom. The zero-order chi connectivity index (χ0) is 12.6. The van der Waals surface area contributed by atoms with Crippen LogP contribution in [-0.4, -0.2) is 38.3 Å². The lowest BCUT2D eigenvalue weighted by molar-refractivity contribution is -0.135. The number of carboxylic acid groups (broad SMARTS) is 1. The van der Waals surface area contributed by atoms with Gasteiger partial charge in [0.15, 0.2) is 9.84 Å². The summed E-state index contributed by atoms with van der Waals surface area (Å²) in [6.07, 6.45) is 0. The first kappa shape index (κ1) is 11.8. The van der Waals surface area contributed by atoms with Gasteiger partial charge in [-0.25, -0.2) is 12.8 Å². The minimum absolute atomic E-state index is 0.104. The summed E-state index contributed by atoms with van der Waals surface area (Å²) in [5.74, 6) is -1.90. The molecule has 1 aliphatic rings. The first-order valence-corrected chi connectivity index (χ1v) is 6.54. The SMILES string of the molecule is O=C(O)CN1CCS(=O)(=O)c2cc(F)ccc21. The maximum Gasteiger partial charge on any atom is 0.323 e. The van der Waals surface area contributed by atoms with Crippen molar-refractivity contribution in [3.05, 3.63) is 24.0 Å². The average molecular weight is 259 g/mol. The number of carboxylic acids is 1. The smallest absolute Gasteiger partial charge is 0.323 e. The molecule has 0 radical (unpaired) electrons. The molecule has 1 aliphatic heterocycles. The number of carbonyl (C=O) groups is 1. The zero-order valence-corrected chi connectivity index (χ0v) is 9.58. The van der Waals surface area contributed by atoms with E-state index in [4.69, 9.17) is 5.11 Å². The van der Waals surface area contributed by atoms with Crippen LogP contribution in [0.5, 0.6) is 0 Å². The number of sulfone groups is 1. The van der Waals surface area contributed by atoms with Gasteiger partial charge < -0.3 is 10.0 Å². The molecule has 1 heterocycles. The summed E-state index contributed by atoms with van der Waals surface area (Å²) < 4.78 is 36.5. The number of halogens is 1. The summed E-state index contributed by atoms with van der Waals surface area (Å²) >= 11 is 0. The maximum atomic E-state index is 13.0. The van der Waals surface area contributed by atoms with Crippen molar-refractivity contribution in [2.45, 2.75) is 4.90 Å². The largest absolute Gasteiger partial charge is 0.480 e. The lowest BCUT2D eigenvalue weighted by Crippen LogP contribution is -2.38. The molecule has 0 atom stereocenters. The number of anilines is 1. The molecule has 0 amide bonds. The number of rotatable bonds is 2. The van der Waals surface area contributed by atoms with Crippen molar-refractivity contribution < 1.29 is 22.7 Å². The van der Waals surface area contributed by atoms with Crippen molar-refractivity contribution in [2.24, 2.45) is 0 Å². The lowest BCUT2D eigenvalue weighted by atomic mass is 10.2. The molecule has 5 nitrogen and oxygen atoms in total. The molecule has 0 bridgehead atoms. The monoisotopic (exact) mass is 259 g/mol. The fraction of sp³-hybridized carbons (Fsp3) is 0.300. The normalized spacial score (nSPS) is 17.6. The van der Waals surface area contributed by atoms with Gasteiger partial charge in [-0.15, -0.1) is 0 Å². The van der Waals surface area contributed by atoms with Crippen molar-refractivity contribution in [3.8, 4) is 0 Å². The van der Waals surface area contributed by atoms with Crippen molar-refractivity contribution in [1.82, 2.24) is 0 Å². The molecule has 0 aliphatic carbocycles. The van der Waals surface area contributed by atoms with Crippen LogP contribution in [0, 0.1) is 5.82 Å². The van der Waals surface area contributed by atoms with Crippen LogP contribution < -0.4 is 4.90 Å². The Morgan fingerprint density at radius 1 is 1.47 bits per heavy atom. The molecule has 1 N–H and O–H groups in total. The quantitative estimate of drug-likeness (QED) is 0.837. The molecule has 1 aromatic carbocycles. The van der Waals surface area contributed by atoms with Crippen LogP contribution in [0.1, 0.15) is 0 Å². The third-order valence-electron chi connectivity index (χ3n) is 2.55. The number of benzene rings is 1. The van der Waals surface area contributed by atoms with E-state index in [1.807, 2.05) is 0 Å². The number of hydrogen-bond acceptors (Lipinski definition) is 4. The Kier molecular flexibility index (Phi) is 2.78. The molecule has 7 heteroatoms. The second-order valence-electron chi connectivity index (χ2n) is 3.75. The van der Waals surface area contributed by atoms with Gasteiger partial charge in [0.1, 0.15) is 12.4 Å². The number of nitrogens with zero attached hydrogens (tertiary/aromatic N) is 1. The van der Waals surface area contributed by atoms with E-state index in [2.05, 4.69) is 0 Å². The molecule has 0 spiro atoms. The minimum Gasteiger partial charge on any atom is -0.480 e. The van der Waals surface area contributed by atoms with Crippen LogP contribution in [0.3, 0.4) is 0 Å². The summed E-state index contributed by atoms with van der Waals surface area (Å²) in [6.45, 7) is -0.193. The van der Waals surface area contributed by atoms with Gasteiger partial charge in [0, 0.05) is 6.54 Å². The molecule has 0 fully saturated rings. The van der Waals surface area contributed by atoms with E-state index in [9.17, 15) is 17.6 Å². The van der Waals surface area contributed by atoms with Gasteiger partial charge in [0.05, 0.1) is 16.3 Å². The fourth-order valence-corrected chi connectivity index (χ4v) is 3.28. The Labute approximate surface area is 97.4 Å². The van der Waals surface area contributed by atoms with E-state index in [0.717, 1.165) is 12.1 Å². The fourth-order valence-electron chi connectivity index (χ4n) is 1.79. The highest BCUT2D eigenvalue weighted by Gasteiger charge is 2.29. The third kappa shape index (κ3) is 2.23. The van der Waals surface area contributed by atoms with Gasteiger partial charge in [-0.2, -0.15) is 0 Å². The topological polar surface area (TPSA) is 74.7 Å². The van der Waals surface area contributed by atoms with Gasteiger partial charge in [0.2, 0.25) is 0 Å². The van der Waals surface area contributed by atoms with E-state index in [1.165, 1.54) is 11.0 Å². The van der Waals surface area contributed by atoms with Crippen molar-refractivity contribution in [2.75, 3.05) is 23.7 Å². The highest BCUT2D eigenvalue weighted by Crippen LogP contribution is 2.30. The van der Waals surface area contributed by atoms with Crippen molar-refractivity contribution in [3.63, 3.8) is 0 Å². The van der Waals surface area contributed by atoms with Crippen LogP contribution >= 0.6 is 0 Å². The molecule has 0 aromatic heterocycles. The second kappa shape index (κ2) is 3.99. The van der Waals surface area contributed by atoms with E-state index >= 15 is 0 Å². The molecule has 1 aromatic rings. The van der Waals surface area contributed by atoms with Gasteiger partial charge in [-0.3, -0.25) is 4.79 Å². The Balaban J connectivity index is 2.52. The molecule has 0 saturated heterocycles. The Hall–Kier alpha value is -1.63. The highest BCUT2D eigenvalue weighted by atomic mass is 32.2. The zero-order valence-electron chi connectivity index (χ0n) is 8.76. The average Bonchev–Trinajstić information content (AvgIpc) is 2.22. The third-order valence-corrected chi connectivity index (χ3v) is 4.27. The molecule has 17 heavy (non-hydrogen) atoms. The number of fused-ring (bicyclic) bond motifs is 1. The van der Waals surface area contributed by atoms with E-state index in [0.29, 0.717) is 0 Å². The Morgan fingerprint density at radius 2 is 2.18 bits per heavy atom. The van der Waals surface area contributed by atoms with Crippen molar-refractivity contribution in [1.29, 1.82) is 0 Å².